The quantitative estimate of drug-likeness (QED) is 0.160. The molecule has 0 radical (unpaired) electrons. The molecule has 2 heterocycles. The minimum atomic E-state index is -1.25. The van der Waals surface area contributed by atoms with Gasteiger partial charge < -0.3 is 36.8 Å². The number of rotatable bonds is 12. The van der Waals surface area contributed by atoms with E-state index in [0.29, 0.717) is 11.4 Å². The summed E-state index contributed by atoms with van der Waals surface area (Å²) in [7, 11) is 0. The summed E-state index contributed by atoms with van der Waals surface area (Å²) in [4.78, 5) is 61.9. The van der Waals surface area contributed by atoms with Crippen molar-refractivity contribution in [2.75, 3.05) is 5.75 Å². The molecule has 2 rings (SSSR count). The van der Waals surface area contributed by atoms with E-state index in [9.17, 15) is 24.3 Å². The molecule has 0 aliphatic heterocycles. The molecule has 0 saturated heterocycles. The van der Waals surface area contributed by atoms with Crippen LogP contribution in [0.25, 0.3) is 0 Å². The fraction of sp³-hybridized carbons (Fsp3) is 0.444. The van der Waals surface area contributed by atoms with Crippen molar-refractivity contribution in [2.24, 2.45) is 5.73 Å². The van der Waals surface area contributed by atoms with Crippen LogP contribution in [0.2, 0.25) is 0 Å². The Morgan fingerprint density at radius 1 is 0.969 bits per heavy atom. The van der Waals surface area contributed by atoms with Gasteiger partial charge in [-0.3, -0.25) is 14.4 Å². The van der Waals surface area contributed by atoms with E-state index in [-0.39, 0.29) is 18.6 Å². The number of nitrogens with one attached hydrogen (secondary N) is 5. The number of hydrogen-bond donors (Lipinski definition) is 8. The van der Waals surface area contributed by atoms with Crippen LogP contribution in [0.4, 0.5) is 0 Å². The van der Waals surface area contributed by atoms with Crippen molar-refractivity contribution in [1.82, 2.24) is 35.9 Å². The number of H-pyrrole nitrogens is 2. The highest BCUT2D eigenvalue weighted by Gasteiger charge is 2.28. The third kappa shape index (κ3) is 7.39. The van der Waals surface area contributed by atoms with Gasteiger partial charge in [0.25, 0.3) is 0 Å². The lowest BCUT2D eigenvalue weighted by Gasteiger charge is -2.22. The van der Waals surface area contributed by atoms with Crippen LogP contribution in [0, 0.1) is 0 Å². The second-order valence-electron chi connectivity index (χ2n) is 7.04. The SMILES string of the molecule is CC(NC(=O)C(N)Cc1cnc[nH]1)C(=O)NC(CS)C(=O)NC(Cc1cnc[nH]1)C(=O)O. The Labute approximate surface area is 188 Å². The average Bonchev–Trinajstić information content (AvgIpc) is 3.45. The zero-order valence-electron chi connectivity index (χ0n) is 17.2. The van der Waals surface area contributed by atoms with Gasteiger partial charge in [-0.05, 0) is 6.92 Å². The highest BCUT2D eigenvalue weighted by atomic mass is 32.1. The molecule has 2 aromatic heterocycles. The molecule has 0 aliphatic rings. The standard InChI is InChI=1S/C18H26N8O5S/c1-9(24-16(28)12(19)2-10-4-20-7-22-10)15(27)26-14(6-32)17(29)25-13(18(30)31)3-11-5-21-8-23-11/h4-5,7-9,12-14,32H,2-3,6,19H2,1H3,(H,20,22)(H,21,23)(H,24,28)(H,25,29)(H,26,27)(H,30,31). The van der Waals surface area contributed by atoms with E-state index in [1.165, 1.54) is 32.0 Å². The van der Waals surface area contributed by atoms with E-state index in [4.69, 9.17) is 5.73 Å². The van der Waals surface area contributed by atoms with Gasteiger partial charge in [0.2, 0.25) is 17.7 Å². The summed E-state index contributed by atoms with van der Waals surface area (Å²) in [5.41, 5.74) is 7.03. The number of carbonyl (C=O) groups is 4. The normalized spacial score (nSPS) is 14.6. The van der Waals surface area contributed by atoms with Crippen molar-refractivity contribution >= 4 is 36.3 Å². The first-order chi connectivity index (χ1) is 15.2. The smallest absolute Gasteiger partial charge is 0.326 e. The molecule has 0 aromatic carbocycles. The first kappa shape index (κ1) is 24.9. The fourth-order valence-electron chi connectivity index (χ4n) is 2.69. The van der Waals surface area contributed by atoms with Gasteiger partial charge in [-0.15, -0.1) is 0 Å². The van der Waals surface area contributed by atoms with Gasteiger partial charge in [-0.1, -0.05) is 0 Å². The maximum absolute atomic E-state index is 12.5. The Hall–Kier alpha value is -3.39. The van der Waals surface area contributed by atoms with Gasteiger partial charge in [-0.25, -0.2) is 14.8 Å². The van der Waals surface area contributed by atoms with Gasteiger partial charge in [0.1, 0.15) is 18.1 Å². The Morgan fingerprint density at radius 2 is 1.53 bits per heavy atom. The van der Waals surface area contributed by atoms with Gasteiger partial charge in [-0.2, -0.15) is 12.6 Å². The minimum absolute atomic E-state index is 0.0189. The number of carboxylic acids is 1. The molecule has 3 amide bonds. The number of nitrogens with two attached hydrogens (primary N) is 1. The molecule has 8 N–H and O–H groups in total. The van der Waals surface area contributed by atoms with E-state index in [2.05, 4.69) is 48.5 Å². The molecule has 32 heavy (non-hydrogen) atoms. The highest BCUT2D eigenvalue weighted by Crippen LogP contribution is 2.01. The van der Waals surface area contributed by atoms with Crippen LogP contribution in [-0.4, -0.2) is 78.7 Å². The third-order valence-corrected chi connectivity index (χ3v) is 4.86. The number of aromatic nitrogens is 4. The molecule has 0 fully saturated rings. The molecule has 4 unspecified atom stereocenters. The van der Waals surface area contributed by atoms with Crippen molar-refractivity contribution in [1.29, 1.82) is 0 Å². The predicted octanol–water partition coefficient (Wildman–Crippen LogP) is -2.27. The average molecular weight is 467 g/mol. The van der Waals surface area contributed by atoms with Crippen molar-refractivity contribution in [3.63, 3.8) is 0 Å². The van der Waals surface area contributed by atoms with Crippen molar-refractivity contribution < 1.29 is 24.3 Å². The second-order valence-corrected chi connectivity index (χ2v) is 7.41. The number of carboxylic acid groups (broad SMARTS) is 1. The molecule has 2 aromatic rings. The lowest BCUT2D eigenvalue weighted by molar-refractivity contribution is -0.142. The van der Waals surface area contributed by atoms with Crippen LogP contribution in [0.3, 0.4) is 0 Å². The van der Waals surface area contributed by atoms with E-state index in [1.54, 1.807) is 0 Å². The number of imidazole rings is 2. The predicted molar refractivity (Wildman–Crippen MR) is 116 cm³/mol. The Kier molecular flexibility index (Phi) is 9.22. The molecule has 0 bridgehead atoms. The van der Waals surface area contributed by atoms with E-state index < -0.39 is 47.9 Å². The van der Waals surface area contributed by atoms with Crippen molar-refractivity contribution in [3.05, 3.63) is 36.4 Å². The Bertz CT molecular complexity index is 905. The summed E-state index contributed by atoms with van der Waals surface area (Å²) < 4.78 is 0. The van der Waals surface area contributed by atoms with Gasteiger partial charge in [0, 0.05) is 42.4 Å². The molecular weight excluding hydrogens is 440 g/mol. The molecule has 4 atom stereocenters. The summed E-state index contributed by atoms with van der Waals surface area (Å²) in [6, 6.07) is -4.26. The highest BCUT2D eigenvalue weighted by molar-refractivity contribution is 7.80. The lowest BCUT2D eigenvalue weighted by Crippen LogP contribution is -2.57. The fourth-order valence-corrected chi connectivity index (χ4v) is 2.95. The molecule has 13 nitrogen and oxygen atoms in total. The summed E-state index contributed by atoms with van der Waals surface area (Å²) in [5.74, 6) is -3.27. The minimum Gasteiger partial charge on any atom is -0.480 e. The van der Waals surface area contributed by atoms with E-state index in [1.807, 2.05) is 0 Å². The Balaban J connectivity index is 1.88. The summed E-state index contributed by atoms with van der Waals surface area (Å²) in [5, 5.41) is 16.7. The molecule has 0 aliphatic carbocycles. The number of amides is 3. The molecular formula is C18H26N8O5S. The largest absolute Gasteiger partial charge is 0.480 e. The Morgan fingerprint density at radius 3 is 2.03 bits per heavy atom. The maximum Gasteiger partial charge on any atom is 0.326 e. The van der Waals surface area contributed by atoms with Crippen LogP contribution >= 0.6 is 12.6 Å². The van der Waals surface area contributed by atoms with E-state index >= 15 is 0 Å². The lowest BCUT2D eigenvalue weighted by atomic mass is 10.1. The van der Waals surface area contributed by atoms with Crippen LogP contribution in [-0.2, 0) is 32.0 Å². The molecule has 174 valence electrons. The molecule has 0 saturated carbocycles. The van der Waals surface area contributed by atoms with Crippen LogP contribution in [0.15, 0.2) is 25.0 Å². The zero-order chi connectivity index (χ0) is 23.7. The number of aliphatic carboxylic acids is 1. The van der Waals surface area contributed by atoms with Gasteiger partial charge in [0.15, 0.2) is 0 Å². The van der Waals surface area contributed by atoms with Crippen LogP contribution in [0.1, 0.15) is 18.3 Å². The topological polar surface area (TPSA) is 208 Å². The maximum atomic E-state index is 12.5. The van der Waals surface area contributed by atoms with Crippen molar-refractivity contribution in [2.45, 2.75) is 43.9 Å². The number of aromatic amines is 2. The van der Waals surface area contributed by atoms with E-state index in [0.717, 1.165) is 0 Å². The molecule has 0 spiro atoms. The summed E-state index contributed by atoms with van der Waals surface area (Å²) in [6.45, 7) is 1.43. The van der Waals surface area contributed by atoms with Crippen LogP contribution in [0.5, 0.6) is 0 Å². The monoisotopic (exact) mass is 466 g/mol. The number of thiol groups is 1. The zero-order valence-corrected chi connectivity index (χ0v) is 18.1. The van der Waals surface area contributed by atoms with Gasteiger partial charge in [0.05, 0.1) is 18.7 Å². The van der Waals surface area contributed by atoms with Gasteiger partial charge >= 0.3 is 5.97 Å². The number of carbonyl (C=O) groups excluding carboxylic acids is 3. The first-order valence-corrected chi connectivity index (χ1v) is 10.3. The van der Waals surface area contributed by atoms with Crippen molar-refractivity contribution in [3.8, 4) is 0 Å². The van der Waals surface area contributed by atoms with Crippen LogP contribution < -0.4 is 21.7 Å². The molecule has 14 heteroatoms. The first-order valence-electron chi connectivity index (χ1n) is 9.66. The second kappa shape index (κ2) is 11.9. The number of nitrogens with zero attached hydrogens (tertiary/aromatic N) is 2. The summed E-state index contributed by atoms with van der Waals surface area (Å²) in [6.07, 6.45) is 6.02. The number of hydrogen-bond acceptors (Lipinski definition) is 8. The third-order valence-electron chi connectivity index (χ3n) is 4.49. The summed E-state index contributed by atoms with van der Waals surface area (Å²) >= 11 is 4.06.